The highest BCUT2D eigenvalue weighted by Crippen LogP contribution is 2.35. The second-order valence-corrected chi connectivity index (χ2v) is 8.62. The van der Waals surface area contributed by atoms with Crippen molar-refractivity contribution in [1.82, 2.24) is 20.2 Å². The fourth-order valence-electron chi connectivity index (χ4n) is 3.96. The topological polar surface area (TPSA) is 112 Å². The van der Waals surface area contributed by atoms with E-state index in [0.29, 0.717) is 41.9 Å². The predicted octanol–water partition coefficient (Wildman–Crippen LogP) is 2.61. The molecule has 0 bridgehead atoms. The van der Waals surface area contributed by atoms with Gasteiger partial charge in [-0.25, -0.2) is 0 Å². The molecule has 2 N–H and O–H groups in total. The molecule has 1 aliphatic rings. The number of hydrogen-bond donors (Lipinski definition) is 2. The minimum Gasteiger partial charge on any atom is -0.454 e. The van der Waals surface area contributed by atoms with Gasteiger partial charge in [-0.05, 0) is 37.0 Å². The predicted molar refractivity (Wildman–Crippen MR) is 127 cm³/mol. The van der Waals surface area contributed by atoms with E-state index in [1.165, 1.54) is 6.20 Å². The number of carbonyl (C=O) groups is 2. The number of ether oxygens (including phenoxy) is 2. The summed E-state index contributed by atoms with van der Waals surface area (Å²) < 4.78 is 12.7. The summed E-state index contributed by atoms with van der Waals surface area (Å²) in [6, 6.07) is 6.22. The van der Waals surface area contributed by atoms with Gasteiger partial charge in [-0.3, -0.25) is 19.4 Å². The second kappa shape index (κ2) is 9.94. The standard InChI is InChI=1S/C25H28N4O5/c1-4-29-13-18(23(30)17-9-21-22(10-20(17)29)34-14-33-21)24(31)28-19(8-15(2)3)25(32)27-12-16-6-5-7-26-11-16/h5-7,9-11,13,15,19H,4,8,12,14H2,1-3H3,(H,27,32)(H,28,31). The van der Waals surface area contributed by atoms with Crippen molar-refractivity contribution < 1.29 is 19.1 Å². The highest BCUT2D eigenvalue weighted by atomic mass is 16.7. The molecule has 1 atom stereocenters. The molecule has 0 fully saturated rings. The van der Waals surface area contributed by atoms with E-state index in [9.17, 15) is 14.4 Å². The maximum atomic E-state index is 13.2. The summed E-state index contributed by atoms with van der Waals surface area (Å²) in [5.41, 5.74) is 1.06. The Balaban J connectivity index is 1.60. The number of nitrogens with zero attached hydrogens (tertiary/aromatic N) is 2. The highest BCUT2D eigenvalue weighted by molar-refractivity contribution is 6.00. The summed E-state index contributed by atoms with van der Waals surface area (Å²) in [5.74, 6) is 0.281. The third-order valence-electron chi connectivity index (χ3n) is 5.68. The van der Waals surface area contributed by atoms with E-state index in [0.717, 1.165) is 5.56 Å². The van der Waals surface area contributed by atoms with Gasteiger partial charge in [0.2, 0.25) is 18.1 Å². The zero-order valence-corrected chi connectivity index (χ0v) is 19.5. The number of benzene rings is 1. The molecular formula is C25H28N4O5. The first-order chi connectivity index (χ1) is 16.4. The van der Waals surface area contributed by atoms with E-state index < -0.39 is 17.4 Å². The summed E-state index contributed by atoms with van der Waals surface area (Å²) >= 11 is 0. The number of aryl methyl sites for hydroxylation is 1. The van der Waals surface area contributed by atoms with Crippen LogP contribution in [0.5, 0.6) is 11.5 Å². The van der Waals surface area contributed by atoms with Crippen LogP contribution in [0.2, 0.25) is 0 Å². The van der Waals surface area contributed by atoms with Gasteiger partial charge in [0.15, 0.2) is 11.5 Å². The summed E-state index contributed by atoms with van der Waals surface area (Å²) in [7, 11) is 0. The molecule has 0 spiro atoms. The van der Waals surface area contributed by atoms with E-state index in [1.54, 1.807) is 30.6 Å². The summed E-state index contributed by atoms with van der Waals surface area (Å²) in [6.07, 6.45) is 5.29. The van der Waals surface area contributed by atoms with Gasteiger partial charge in [0.25, 0.3) is 5.91 Å². The van der Waals surface area contributed by atoms with Crippen molar-refractivity contribution >= 4 is 22.7 Å². The number of pyridine rings is 2. The number of amides is 2. The Morgan fingerprint density at radius 3 is 2.65 bits per heavy atom. The monoisotopic (exact) mass is 464 g/mol. The van der Waals surface area contributed by atoms with Crippen molar-refractivity contribution in [3.05, 3.63) is 64.2 Å². The zero-order chi connectivity index (χ0) is 24.2. The second-order valence-electron chi connectivity index (χ2n) is 8.62. The highest BCUT2D eigenvalue weighted by Gasteiger charge is 2.25. The summed E-state index contributed by atoms with van der Waals surface area (Å²) in [6.45, 7) is 6.78. The smallest absolute Gasteiger partial charge is 0.257 e. The molecule has 0 saturated heterocycles. The van der Waals surface area contributed by atoms with E-state index in [2.05, 4.69) is 15.6 Å². The average molecular weight is 465 g/mol. The first-order valence-corrected chi connectivity index (χ1v) is 11.3. The third-order valence-corrected chi connectivity index (χ3v) is 5.68. The van der Waals surface area contributed by atoms with Crippen LogP contribution in [0.25, 0.3) is 10.9 Å². The molecule has 2 amide bonds. The molecule has 1 unspecified atom stereocenters. The van der Waals surface area contributed by atoms with Gasteiger partial charge in [-0.2, -0.15) is 0 Å². The molecule has 1 aromatic carbocycles. The minimum absolute atomic E-state index is 0.0259. The zero-order valence-electron chi connectivity index (χ0n) is 19.5. The van der Waals surface area contributed by atoms with Crippen molar-refractivity contribution in [2.75, 3.05) is 6.79 Å². The van der Waals surface area contributed by atoms with Crippen molar-refractivity contribution in [1.29, 1.82) is 0 Å². The molecule has 3 aromatic rings. The van der Waals surface area contributed by atoms with Gasteiger partial charge in [0, 0.05) is 37.7 Å². The van der Waals surface area contributed by atoms with Crippen molar-refractivity contribution in [3.63, 3.8) is 0 Å². The quantitative estimate of drug-likeness (QED) is 0.530. The molecule has 2 aromatic heterocycles. The first kappa shape index (κ1) is 23.3. The Morgan fingerprint density at radius 2 is 1.97 bits per heavy atom. The van der Waals surface area contributed by atoms with Crippen LogP contribution in [0.3, 0.4) is 0 Å². The maximum absolute atomic E-state index is 13.2. The molecule has 34 heavy (non-hydrogen) atoms. The Bertz CT molecular complexity index is 1270. The molecule has 178 valence electrons. The molecule has 9 heteroatoms. The fourth-order valence-corrected chi connectivity index (χ4v) is 3.96. The van der Waals surface area contributed by atoms with Crippen molar-refractivity contribution in [2.45, 2.75) is 46.3 Å². The van der Waals surface area contributed by atoms with Crippen LogP contribution in [0.15, 0.2) is 47.7 Å². The lowest BCUT2D eigenvalue weighted by Gasteiger charge is -2.21. The SMILES string of the molecule is CCn1cc(C(=O)NC(CC(C)C)C(=O)NCc2cccnc2)c(=O)c2cc3c(cc21)OCO3. The number of aromatic nitrogens is 2. The lowest BCUT2D eigenvalue weighted by Crippen LogP contribution is -2.48. The van der Waals surface area contributed by atoms with Gasteiger partial charge >= 0.3 is 0 Å². The first-order valence-electron chi connectivity index (χ1n) is 11.3. The lowest BCUT2D eigenvalue weighted by atomic mass is 10.0. The molecule has 1 aliphatic heterocycles. The van der Waals surface area contributed by atoms with Crippen LogP contribution < -0.4 is 25.5 Å². The molecule has 3 heterocycles. The average Bonchev–Trinajstić information content (AvgIpc) is 3.29. The van der Waals surface area contributed by atoms with Crippen LogP contribution in [0, 0.1) is 5.92 Å². The number of carbonyl (C=O) groups excluding carboxylic acids is 2. The molecule has 9 nitrogen and oxygen atoms in total. The summed E-state index contributed by atoms with van der Waals surface area (Å²) in [5, 5.41) is 5.98. The minimum atomic E-state index is -0.786. The van der Waals surface area contributed by atoms with Crippen LogP contribution >= 0.6 is 0 Å². The van der Waals surface area contributed by atoms with Crippen molar-refractivity contribution in [3.8, 4) is 11.5 Å². The third kappa shape index (κ3) is 4.88. The normalized spacial score (nSPS) is 13.2. The van der Waals surface area contributed by atoms with Gasteiger partial charge in [-0.15, -0.1) is 0 Å². The fraction of sp³-hybridized carbons (Fsp3) is 0.360. The van der Waals surface area contributed by atoms with E-state index in [1.807, 2.05) is 31.4 Å². The Labute approximate surface area is 197 Å². The van der Waals surface area contributed by atoms with Gasteiger partial charge in [0.1, 0.15) is 11.6 Å². The summed E-state index contributed by atoms with van der Waals surface area (Å²) in [4.78, 5) is 43.4. The van der Waals surface area contributed by atoms with Crippen LogP contribution in [-0.4, -0.2) is 34.2 Å². The van der Waals surface area contributed by atoms with Crippen LogP contribution in [0.4, 0.5) is 0 Å². The van der Waals surface area contributed by atoms with Gasteiger partial charge < -0.3 is 24.7 Å². The molecule has 0 saturated carbocycles. The molecule has 0 aliphatic carbocycles. The lowest BCUT2D eigenvalue weighted by molar-refractivity contribution is -0.123. The molecule has 0 radical (unpaired) electrons. The number of hydrogen-bond acceptors (Lipinski definition) is 6. The maximum Gasteiger partial charge on any atom is 0.257 e. The number of rotatable bonds is 8. The van der Waals surface area contributed by atoms with Gasteiger partial charge in [0.05, 0.1) is 10.9 Å². The van der Waals surface area contributed by atoms with E-state index in [4.69, 9.17) is 9.47 Å². The largest absolute Gasteiger partial charge is 0.454 e. The Hall–Kier alpha value is -3.88. The molecule has 4 rings (SSSR count). The Morgan fingerprint density at radius 1 is 1.21 bits per heavy atom. The Kier molecular flexibility index (Phi) is 6.81. The van der Waals surface area contributed by atoms with E-state index >= 15 is 0 Å². The number of nitrogens with one attached hydrogen (secondary N) is 2. The van der Waals surface area contributed by atoms with Gasteiger partial charge in [-0.1, -0.05) is 19.9 Å². The van der Waals surface area contributed by atoms with Crippen LogP contribution in [0.1, 0.15) is 43.1 Å². The number of fused-ring (bicyclic) bond motifs is 2. The van der Waals surface area contributed by atoms with Crippen LogP contribution in [-0.2, 0) is 17.9 Å². The molecular weight excluding hydrogens is 436 g/mol. The van der Waals surface area contributed by atoms with Crippen molar-refractivity contribution in [2.24, 2.45) is 5.92 Å². The van der Waals surface area contributed by atoms with E-state index in [-0.39, 0.29) is 24.2 Å².